The van der Waals surface area contributed by atoms with E-state index in [9.17, 15) is 14.7 Å². The molecule has 1 unspecified atom stereocenters. The van der Waals surface area contributed by atoms with Crippen LogP contribution in [0.15, 0.2) is 82.7 Å². The van der Waals surface area contributed by atoms with E-state index >= 15 is 0 Å². The lowest BCUT2D eigenvalue weighted by Gasteiger charge is -2.23. The zero-order valence-corrected chi connectivity index (χ0v) is 25.2. The van der Waals surface area contributed by atoms with Gasteiger partial charge in [-0.05, 0) is 43.5 Å². The lowest BCUT2D eigenvalue weighted by molar-refractivity contribution is -0.132. The van der Waals surface area contributed by atoms with Crippen molar-refractivity contribution in [2.75, 3.05) is 18.1 Å². The molecule has 42 heavy (non-hydrogen) atoms. The molecular formula is C32H31N3O5S2. The molecule has 1 saturated heterocycles. The van der Waals surface area contributed by atoms with Gasteiger partial charge in [0.25, 0.3) is 5.78 Å². The molecule has 0 bridgehead atoms. The molecule has 5 rings (SSSR count). The minimum atomic E-state index is -0.953. The van der Waals surface area contributed by atoms with Crippen LogP contribution < -0.4 is 14.4 Å². The fourth-order valence-corrected chi connectivity index (χ4v) is 6.41. The molecule has 4 aromatic rings. The number of amides is 1. The van der Waals surface area contributed by atoms with Crippen molar-refractivity contribution in [2.24, 2.45) is 0 Å². The number of carbonyl (C=O) groups is 2. The van der Waals surface area contributed by atoms with Crippen molar-refractivity contribution in [3.8, 4) is 11.5 Å². The molecule has 216 valence electrons. The summed E-state index contributed by atoms with van der Waals surface area (Å²) < 4.78 is 12.4. The summed E-state index contributed by atoms with van der Waals surface area (Å²) >= 11 is 2.73. The Balaban J connectivity index is 1.58. The molecule has 1 aliphatic heterocycles. The standard InChI is InChI=1S/C32H31N3O5S2/c1-4-17-40-24-16-15-23(18-25(24)39-5-2)27-26(28(36)22-13-11-20(3)12-14-22)29(37)30(38)35(27)31-33-34-32(42-31)41-19-21-9-7-6-8-10-21/h6-16,18,27,36H,4-5,17,19H2,1-3H3/b28-26+. The van der Waals surface area contributed by atoms with Crippen LogP contribution in [0, 0.1) is 6.92 Å². The van der Waals surface area contributed by atoms with Gasteiger partial charge in [0, 0.05) is 11.3 Å². The van der Waals surface area contributed by atoms with Crippen LogP contribution in [0.5, 0.6) is 11.5 Å². The zero-order chi connectivity index (χ0) is 29.6. The third-order valence-corrected chi connectivity index (χ3v) is 8.75. The number of ether oxygens (including phenoxy) is 2. The van der Waals surface area contributed by atoms with Gasteiger partial charge in [-0.3, -0.25) is 14.5 Å². The van der Waals surface area contributed by atoms with Crippen molar-refractivity contribution in [1.82, 2.24) is 10.2 Å². The molecule has 10 heteroatoms. The van der Waals surface area contributed by atoms with E-state index in [1.54, 1.807) is 30.3 Å². The Morgan fingerprint density at radius 1 is 0.976 bits per heavy atom. The number of anilines is 1. The molecule has 0 saturated carbocycles. The summed E-state index contributed by atoms with van der Waals surface area (Å²) in [4.78, 5) is 28.5. The van der Waals surface area contributed by atoms with E-state index in [-0.39, 0.29) is 16.5 Å². The second-order valence-corrected chi connectivity index (χ2v) is 11.8. The highest BCUT2D eigenvalue weighted by atomic mass is 32.2. The SMILES string of the molecule is CCCOc1ccc(C2/C(=C(\O)c3ccc(C)cc3)C(=O)C(=O)N2c2nnc(SCc3ccccc3)s2)cc1OCC. The first-order valence-corrected chi connectivity index (χ1v) is 15.5. The topological polar surface area (TPSA) is 102 Å². The highest BCUT2D eigenvalue weighted by Gasteiger charge is 2.48. The van der Waals surface area contributed by atoms with Crippen LogP contribution in [0.25, 0.3) is 5.76 Å². The van der Waals surface area contributed by atoms with Crippen LogP contribution >= 0.6 is 23.1 Å². The molecule has 1 amide bonds. The summed E-state index contributed by atoms with van der Waals surface area (Å²) in [5.41, 5.74) is 3.12. The minimum Gasteiger partial charge on any atom is -0.507 e. The molecule has 8 nitrogen and oxygen atoms in total. The van der Waals surface area contributed by atoms with E-state index in [0.717, 1.165) is 17.5 Å². The Labute approximate surface area is 253 Å². The predicted molar refractivity (Wildman–Crippen MR) is 165 cm³/mol. The maximum absolute atomic E-state index is 13.6. The van der Waals surface area contributed by atoms with Gasteiger partial charge in [-0.25, -0.2) is 0 Å². The number of Topliss-reactive ketones (excluding diaryl/α,β-unsaturated/α-hetero) is 1. The van der Waals surface area contributed by atoms with Crippen LogP contribution in [0.1, 0.15) is 48.6 Å². The molecule has 0 spiro atoms. The number of rotatable bonds is 11. The number of hydrogen-bond donors (Lipinski definition) is 1. The maximum atomic E-state index is 13.6. The number of benzene rings is 3. The number of ketones is 1. The fraction of sp³-hybridized carbons (Fsp3) is 0.250. The van der Waals surface area contributed by atoms with E-state index < -0.39 is 17.7 Å². The number of aliphatic hydroxyl groups excluding tert-OH is 1. The third kappa shape index (κ3) is 6.19. The number of thioether (sulfide) groups is 1. The molecule has 0 aliphatic carbocycles. The number of hydrogen-bond acceptors (Lipinski definition) is 9. The first-order chi connectivity index (χ1) is 20.4. The normalized spacial score (nSPS) is 16.2. The summed E-state index contributed by atoms with van der Waals surface area (Å²) in [6, 6.07) is 21.5. The number of aliphatic hydroxyl groups is 1. The Hall–Kier alpha value is -4.15. The van der Waals surface area contributed by atoms with Gasteiger partial charge in [-0.1, -0.05) is 96.2 Å². The van der Waals surface area contributed by atoms with Crippen molar-refractivity contribution in [1.29, 1.82) is 0 Å². The van der Waals surface area contributed by atoms with Crippen LogP contribution in [-0.4, -0.2) is 40.2 Å². The second kappa shape index (κ2) is 13.2. The van der Waals surface area contributed by atoms with Crippen LogP contribution in [0.2, 0.25) is 0 Å². The van der Waals surface area contributed by atoms with Gasteiger partial charge in [0.1, 0.15) is 5.76 Å². The quantitative estimate of drug-likeness (QED) is 0.0648. The smallest absolute Gasteiger partial charge is 0.301 e. The monoisotopic (exact) mass is 601 g/mol. The van der Waals surface area contributed by atoms with Crippen molar-refractivity contribution in [2.45, 2.75) is 43.3 Å². The maximum Gasteiger partial charge on any atom is 0.301 e. The van der Waals surface area contributed by atoms with Gasteiger partial charge in [0.2, 0.25) is 5.13 Å². The van der Waals surface area contributed by atoms with Crippen LogP contribution in [0.3, 0.4) is 0 Å². The molecule has 3 aromatic carbocycles. The summed E-state index contributed by atoms with van der Waals surface area (Å²) in [5, 5.41) is 20.3. The van der Waals surface area contributed by atoms with E-state index in [1.165, 1.54) is 28.0 Å². The van der Waals surface area contributed by atoms with Crippen LogP contribution in [0.4, 0.5) is 5.13 Å². The lowest BCUT2D eigenvalue weighted by Crippen LogP contribution is -2.29. The first-order valence-electron chi connectivity index (χ1n) is 13.7. The van der Waals surface area contributed by atoms with Gasteiger partial charge in [-0.2, -0.15) is 0 Å². The summed E-state index contributed by atoms with van der Waals surface area (Å²) in [5.74, 6) is -0.102. The molecule has 0 radical (unpaired) electrons. The number of nitrogens with zero attached hydrogens (tertiary/aromatic N) is 3. The fourth-order valence-electron chi connectivity index (χ4n) is 4.58. The van der Waals surface area contributed by atoms with E-state index in [1.807, 2.05) is 63.2 Å². The molecule has 2 heterocycles. The average Bonchev–Trinajstić information content (AvgIpc) is 3.58. The summed E-state index contributed by atoms with van der Waals surface area (Å²) in [7, 11) is 0. The molecule has 1 atom stereocenters. The van der Waals surface area contributed by atoms with Gasteiger partial charge < -0.3 is 14.6 Å². The van der Waals surface area contributed by atoms with Gasteiger partial charge in [0.05, 0.1) is 24.8 Å². The van der Waals surface area contributed by atoms with Gasteiger partial charge in [-0.15, -0.1) is 10.2 Å². The summed E-state index contributed by atoms with van der Waals surface area (Å²) in [6.07, 6.45) is 0.825. The Morgan fingerprint density at radius 3 is 2.45 bits per heavy atom. The summed E-state index contributed by atoms with van der Waals surface area (Å²) in [6.45, 7) is 6.73. The van der Waals surface area contributed by atoms with E-state index in [0.29, 0.717) is 45.9 Å². The van der Waals surface area contributed by atoms with Gasteiger partial charge >= 0.3 is 5.91 Å². The molecule has 1 fully saturated rings. The average molecular weight is 602 g/mol. The van der Waals surface area contributed by atoms with Crippen molar-refractivity contribution in [3.63, 3.8) is 0 Å². The second-order valence-electron chi connectivity index (χ2n) is 9.65. The lowest BCUT2D eigenvalue weighted by atomic mass is 9.95. The van der Waals surface area contributed by atoms with E-state index in [4.69, 9.17) is 9.47 Å². The largest absolute Gasteiger partial charge is 0.507 e. The first kappa shape index (κ1) is 29.3. The number of carbonyl (C=O) groups excluding carboxylic acids is 2. The zero-order valence-electron chi connectivity index (χ0n) is 23.6. The van der Waals surface area contributed by atoms with Gasteiger partial charge in [0.15, 0.2) is 15.8 Å². The Kier molecular flexibility index (Phi) is 9.24. The molecule has 1 aromatic heterocycles. The molecular weight excluding hydrogens is 571 g/mol. The van der Waals surface area contributed by atoms with Crippen molar-refractivity contribution < 1.29 is 24.2 Å². The number of aryl methyl sites for hydroxylation is 1. The molecule has 1 N–H and O–H groups in total. The highest BCUT2D eigenvalue weighted by Crippen LogP contribution is 2.45. The minimum absolute atomic E-state index is 0.0257. The van der Waals surface area contributed by atoms with Crippen molar-refractivity contribution >= 4 is 45.7 Å². The van der Waals surface area contributed by atoms with E-state index in [2.05, 4.69) is 10.2 Å². The Bertz CT molecular complexity index is 1600. The number of aromatic nitrogens is 2. The third-order valence-electron chi connectivity index (χ3n) is 6.62. The predicted octanol–water partition coefficient (Wildman–Crippen LogP) is 6.95. The highest BCUT2D eigenvalue weighted by molar-refractivity contribution is 8.00. The van der Waals surface area contributed by atoms with Crippen molar-refractivity contribution in [3.05, 3.63) is 101 Å². The molecule has 1 aliphatic rings. The van der Waals surface area contributed by atoms with Crippen LogP contribution in [-0.2, 0) is 15.3 Å². The Morgan fingerprint density at radius 2 is 1.74 bits per heavy atom.